The maximum atomic E-state index is 13.6. The minimum absolute atomic E-state index is 0.0594. The van der Waals surface area contributed by atoms with E-state index in [4.69, 9.17) is 4.74 Å². The van der Waals surface area contributed by atoms with E-state index in [1.807, 2.05) is 6.92 Å². The number of ether oxygens (including phenoxy) is 1. The average Bonchev–Trinajstić information content (AvgIpc) is 3.27. The van der Waals surface area contributed by atoms with Crippen LogP contribution in [0.5, 0.6) is 0 Å². The van der Waals surface area contributed by atoms with Gasteiger partial charge in [0.15, 0.2) is 11.3 Å². The lowest BCUT2D eigenvalue weighted by atomic mass is 9.81. The number of imidazole rings is 1. The Morgan fingerprint density at radius 1 is 1.22 bits per heavy atom. The number of hydrogen-bond acceptors (Lipinski definition) is 8. The normalized spacial score (nSPS) is 19.3. The van der Waals surface area contributed by atoms with Gasteiger partial charge in [-0.05, 0) is 65.6 Å². The van der Waals surface area contributed by atoms with Gasteiger partial charge in [0.1, 0.15) is 11.9 Å². The van der Waals surface area contributed by atoms with Crippen LogP contribution in [-0.4, -0.2) is 64.1 Å². The third kappa shape index (κ3) is 6.11. The summed E-state index contributed by atoms with van der Waals surface area (Å²) in [6, 6.07) is 4.98. The average molecular weight is 521 g/mol. The second kappa shape index (κ2) is 10.4. The standard InChI is InChI=1S/C24H32N4O7S/c1-16-7-9-18(10-8-16)36(33,34)28-14-17(25-15-28)13-19(27-22(32)35-23(2,3)4)20(29)24(21(30)31)11-5-6-12-26-24/h7-10,14-15,19,26H,5-6,11-13H2,1-4H3,(H,27,32)(H,30,31)/t19-,24?/m0/s1. The summed E-state index contributed by atoms with van der Waals surface area (Å²) >= 11 is 0. The number of carbonyl (C=O) groups is 3. The van der Waals surface area contributed by atoms with Crippen LogP contribution in [0.3, 0.4) is 0 Å². The molecule has 36 heavy (non-hydrogen) atoms. The van der Waals surface area contributed by atoms with Crippen molar-refractivity contribution in [1.29, 1.82) is 0 Å². The highest BCUT2D eigenvalue weighted by Gasteiger charge is 2.49. The minimum atomic E-state index is -3.93. The fourth-order valence-electron chi connectivity index (χ4n) is 3.98. The van der Waals surface area contributed by atoms with E-state index in [1.54, 1.807) is 32.9 Å². The SMILES string of the molecule is Cc1ccc(S(=O)(=O)n2cnc(C[C@H](NC(=O)OC(C)(C)C)C(=O)C3(C(=O)O)CCCCN3)c2)cc1. The highest BCUT2D eigenvalue weighted by Crippen LogP contribution is 2.24. The number of aliphatic carboxylic acids is 1. The Morgan fingerprint density at radius 3 is 2.44 bits per heavy atom. The second-order valence-corrected chi connectivity index (χ2v) is 11.7. The van der Waals surface area contributed by atoms with Crippen LogP contribution in [0, 0.1) is 6.92 Å². The molecular weight excluding hydrogens is 488 g/mol. The van der Waals surface area contributed by atoms with Crippen molar-refractivity contribution in [2.75, 3.05) is 6.54 Å². The number of ketones is 1. The Morgan fingerprint density at radius 2 is 1.89 bits per heavy atom. The number of carboxylic acids is 1. The molecule has 1 aromatic carbocycles. The highest BCUT2D eigenvalue weighted by atomic mass is 32.2. The zero-order chi connectivity index (χ0) is 26.7. The molecule has 0 radical (unpaired) electrons. The Labute approximate surface area is 210 Å². The van der Waals surface area contributed by atoms with Gasteiger partial charge in [-0.15, -0.1) is 0 Å². The predicted molar refractivity (Wildman–Crippen MR) is 130 cm³/mol. The molecule has 1 aliphatic heterocycles. The van der Waals surface area contributed by atoms with Crippen molar-refractivity contribution in [1.82, 2.24) is 19.6 Å². The number of nitrogens with one attached hydrogen (secondary N) is 2. The molecule has 0 spiro atoms. The van der Waals surface area contributed by atoms with Crippen molar-refractivity contribution in [3.63, 3.8) is 0 Å². The first-order chi connectivity index (χ1) is 16.7. The number of nitrogens with zero attached hydrogens (tertiary/aromatic N) is 2. The lowest BCUT2D eigenvalue weighted by molar-refractivity contribution is -0.152. The summed E-state index contributed by atoms with van der Waals surface area (Å²) in [6.07, 6.45) is 2.51. The fraction of sp³-hybridized carbons (Fsp3) is 0.500. The summed E-state index contributed by atoms with van der Waals surface area (Å²) in [5.41, 5.74) is -1.65. The monoisotopic (exact) mass is 520 g/mol. The topological polar surface area (TPSA) is 157 Å². The lowest BCUT2D eigenvalue weighted by Gasteiger charge is -2.35. The number of aryl methyl sites for hydroxylation is 1. The molecule has 1 amide bonds. The number of rotatable bonds is 8. The predicted octanol–water partition coefficient (Wildman–Crippen LogP) is 2.03. The van der Waals surface area contributed by atoms with E-state index in [2.05, 4.69) is 15.6 Å². The van der Waals surface area contributed by atoms with E-state index in [0.29, 0.717) is 19.4 Å². The van der Waals surface area contributed by atoms with E-state index >= 15 is 0 Å². The van der Waals surface area contributed by atoms with Gasteiger partial charge in [-0.1, -0.05) is 17.7 Å². The van der Waals surface area contributed by atoms with Gasteiger partial charge in [-0.3, -0.25) is 10.1 Å². The van der Waals surface area contributed by atoms with Crippen molar-refractivity contribution in [2.45, 2.75) is 75.5 Å². The van der Waals surface area contributed by atoms with Gasteiger partial charge in [-0.2, -0.15) is 0 Å². The molecule has 2 heterocycles. The lowest BCUT2D eigenvalue weighted by Crippen LogP contribution is -2.65. The molecule has 2 aromatic rings. The first-order valence-corrected chi connectivity index (χ1v) is 13.1. The first-order valence-electron chi connectivity index (χ1n) is 11.6. The molecule has 1 saturated heterocycles. The molecule has 3 rings (SSSR count). The number of piperidine rings is 1. The zero-order valence-corrected chi connectivity index (χ0v) is 21.6. The summed E-state index contributed by atoms with van der Waals surface area (Å²) in [4.78, 5) is 42.4. The Bertz CT molecular complexity index is 1220. The van der Waals surface area contributed by atoms with E-state index in [-0.39, 0.29) is 23.4 Å². The van der Waals surface area contributed by atoms with Crippen molar-refractivity contribution >= 4 is 27.9 Å². The molecule has 1 fully saturated rings. The van der Waals surface area contributed by atoms with Gasteiger partial charge in [0.05, 0.1) is 16.6 Å². The first kappa shape index (κ1) is 27.3. The summed E-state index contributed by atoms with van der Waals surface area (Å²) < 4.78 is 32.2. The summed E-state index contributed by atoms with van der Waals surface area (Å²) in [7, 11) is -3.93. The van der Waals surface area contributed by atoms with Crippen LogP contribution >= 0.6 is 0 Å². The molecule has 1 aromatic heterocycles. The third-order valence-electron chi connectivity index (χ3n) is 5.82. The molecule has 1 unspecified atom stereocenters. The number of benzene rings is 1. The molecule has 1 aliphatic rings. The second-order valence-electron chi connectivity index (χ2n) is 9.87. The third-order valence-corrected chi connectivity index (χ3v) is 7.44. The number of Topliss-reactive ketones (excluding diaryl/α,β-unsaturated/α-hetero) is 1. The van der Waals surface area contributed by atoms with Gasteiger partial charge in [0.25, 0.3) is 10.0 Å². The van der Waals surface area contributed by atoms with Crippen molar-refractivity contribution < 1.29 is 32.6 Å². The molecule has 196 valence electrons. The largest absolute Gasteiger partial charge is 0.480 e. The number of carbonyl (C=O) groups excluding carboxylic acids is 2. The zero-order valence-electron chi connectivity index (χ0n) is 20.8. The molecule has 11 nitrogen and oxygen atoms in total. The maximum absolute atomic E-state index is 13.6. The molecule has 0 aliphatic carbocycles. The molecular formula is C24H32N4O7S. The van der Waals surface area contributed by atoms with Crippen molar-refractivity contribution in [3.05, 3.63) is 48.0 Å². The highest BCUT2D eigenvalue weighted by molar-refractivity contribution is 7.90. The number of hydrogen-bond donors (Lipinski definition) is 3. The van der Waals surface area contributed by atoms with Gasteiger partial charge >= 0.3 is 12.1 Å². The number of aromatic nitrogens is 2. The number of alkyl carbamates (subject to hydrolysis) is 1. The number of carboxylic acid groups (broad SMARTS) is 1. The van der Waals surface area contributed by atoms with Gasteiger partial charge in [0, 0.05) is 12.6 Å². The van der Waals surface area contributed by atoms with Gasteiger partial charge in [0.2, 0.25) is 0 Å². The van der Waals surface area contributed by atoms with Crippen LogP contribution < -0.4 is 10.6 Å². The van der Waals surface area contributed by atoms with Crippen molar-refractivity contribution in [2.24, 2.45) is 0 Å². The molecule has 0 saturated carbocycles. The van der Waals surface area contributed by atoms with E-state index in [9.17, 15) is 27.9 Å². The van der Waals surface area contributed by atoms with Crippen LogP contribution in [0.1, 0.15) is 51.3 Å². The van der Waals surface area contributed by atoms with Crippen LogP contribution in [0.4, 0.5) is 4.79 Å². The molecule has 3 N–H and O–H groups in total. The van der Waals surface area contributed by atoms with Crippen LogP contribution in [0.25, 0.3) is 0 Å². The molecule has 2 atom stereocenters. The maximum Gasteiger partial charge on any atom is 0.408 e. The minimum Gasteiger partial charge on any atom is -0.480 e. The summed E-state index contributed by atoms with van der Waals surface area (Å²) in [5, 5.41) is 15.2. The van der Waals surface area contributed by atoms with Crippen LogP contribution in [-0.2, 0) is 30.8 Å². The van der Waals surface area contributed by atoms with Crippen LogP contribution in [0.15, 0.2) is 41.7 Å². The van der Waals surface area contributed by atoms with E-state index in [1.165, 1.54) is 18.3 Å². The summed E-state index contributed by atoms with van der Waals surface area (Å²) in [6.45, 7) is 7.14. The molecule has 12 heteroatoms. The Hall–Kier alpha value is -3.25. The van der Waals surface area contributed by atoms with Crippen LogP contribution in [0.2, 0.25) is 0 Å². The van der Waals surface area contributed by atoms with E-state index in [0.717, 1.165) is 15.9 Å². The van der Waals surface area contributed by atoms with Gasteiger partial charge in [-0.25, -0.2) is 27.0 Å². The smallest absolute Gasteiger partial charge is 0.408 e. The fourth-order valence-corrected chi connectivity index (χ4v) is 5.14. The Balaban J connectivity index is 1.91. The van der Waals surface area contributed by atoms with E-state index < -0.39 is 45.1 Å². The summed E-state index contributed by atoms with van der Waals surface area (Å²) in [5.74, 6) is -2.09. The van der Waals surface area contributed by atoms with Gasteiger partial charge < -0.3 is 15.2 Å². The molecule has 0 bridgehead atoms. The number of amides is 1. The quantitative estimate of drug-likeness (QED) is 0.443. The Kier molecular flexibility index (Phi) is 7.89. The van der Waals surface area contributed by atoms with Crippen molar-refractivity contribution in [3.8, 4) is 0 Å².